The highest BCUT2D eigenvalue weighted by molar-refractivity contribution is 5.73. The van der Waals surface area contributed by atoms with E-state index >= 15 is 0 Å². The Morgan fingerprint density at radius 2 is 2.05 bits per heavy atom. The number of carbonyl (C=O) groups is 1. The molecule has 1 saturated heterocycles. The van der Waals surface area contributed by atoms with Crippen LogP contribution in [0.25, 0.3) is 11.7 Å². The van der Waals surface area contributed by atoms with Gasteiger partial charge in [0.25, 0.3) is 5.89 Å². The number of rotatable bonds is 3. The number of urea groups is 1. The largest absolute Gasteiger partial charge is 0.459 e. The van der Waals surface area contributed by atoms with Gasteiger partial charge < -0.3 is 18.6 Å². The highest BCUT2D eigenvalue weighted by Crippen LogP contribution is 2.18. The summed E-state index contributed by atoms with van der Waals surface area (Å²) in [5.74, 6) is 1.51. The zero-order chi connectivity index (χ0) is 15.5. The minimum absolute atomic E-state index is 0.0533. The number of piperazine rings is 1. The molecular formula is C14H19N5O3. The third kappa shape index (κ3) is 3.11. The zero-order valence-electron chi connectivity index (χ0n) is 12.7. The highest BCUT2D eigenvalue weighted by Gasteiger charge is 2.23. The van der Waals surface area contributed by atoms with Gasteiger partial charge in [-0.15, -0.1) is 10.2 Å². The SMILES string of the molecule is CN(C)C(=O)N1CCN(Cc2nnc(-c3ccco3)o2)CC1. The predicted molar refractivity (Wildman–Crippen MR) is 77.9 cm³/mol. The first-order valence-electron chi connectivity index (χ1n) is 7.18. The molecule has 0 radical (unpaired) electrons. The maximum absolute atomic E-state index is 11.9. The molecule has 3 rings (SSSR count). The van der Waals surface area contributed by atoms with E-state index in [1.54, 1.807) is 37.4 Å². The number of hydrogen-bond acceptors (Lipinski definition) is 6. The van der Waals surface area contributed by atoms with E-state index in [0.29, 0.717) is 37.2 Å². The van der Waals surface area contributed by atoms with Crippen LogP contribution >= 0.6 is 0 Å². The van der Waals surface area contributed by atoms with E-state index in [2.05, 4.69) is 15.1 Å². The molecule has 0 unspecified atom stereocenters. The quantitative estimate of drug-likeness (QED) is 0.846. The molecule has 0 aliphatic carbocycles. The van der Waals surface area contributed by atoms with Crippen LogP contribution in [-0.2, 0) is 6.54 Å². The van der Waals surface area contributed by atoms with Crippen LogP contribution in [0.2, 0.25) is 0 Å². The van der Waals surface area contributed by atoms with Crippen LogP contribution in [0.4, 0.5) is 4.79 Å². The molecule has 1 aliphatic heterocycles. The van der Waals surface area contributed by atoms with E-state index in [-0.39, 0.29) is 6.03 Å². The van der Waals surface area contributed by atoms with Gasteiger partial charge in [0.2, 0.25) is 5.89 Å². The third-order valence-electron chi connectivity index (χ3n) is 3.58. The van der Waals surface area contributed by atoms with Crippen molar-refractivity contribution in [2.45, 2.75) is 6.54 Å². The van der Waals surface area contributed by atoms with Gasteiger partial charge in [-0.1, -0.05) is 0 Å². The van der Waals surface area contributed by atoms with Crippen molar-refractivity contribution in [2.24, 2.45) is 0 Å². The number of carbonyl (C=O) groups excluding carboxylic acids is 1. The summed E-state index contributed by atoms with van der Waals surface area (Å²) >= 11 is 0. The summed E-state index contributed by atoms with van der Waals surface area (Å²) in [6, 6.07) is 3.61. The fourth-order valence-electron chi connectivity index (χ4n) is 2.39. The highest BCUT2D eigenvalue weighted by atomic mass is 16.4. The first-order chi connectivity index (χ1) is 10.6. The van der Waals surface area contributed by atoms with Gasteiger partial charge in [0.05, 0.1) is 12.8 Å². The molecule has 8 heteroatoms. The molecular weight excluding hydrogens is 286 g/mol. The third-order valence-corrected chi connectivity index (χ3v) is 3.58. The fourth-order valence-corrected chi connectivity index (χ4v) is 2.39. The molecule has 8 nitrogen and oxygen atoms in total. The van der Waals surface area contributed by atoms with E-state index in [1.165, 1.54) is 0 Å². The van der Waals surface area contributed by atoms with Gasteiger partial charge in [-0.25, -0.2) is 4.79 Å². The Kier molecular flexibility index (Phi) is 4.10. The minimum Gasteiger partial charge on any atom is -0.459 e. The summed E-state index contributed by atoms with van der Waals surface area (Å²) in [4.78, 5) is 17.5. The van der Waals surface area contributed by atoms with Crippen molar-refractivity contribution >= 4 is 6.03 Å². The number of hydrogen-bond donors (Lipinski definition) is 0. The Morgan fingerprint density at radius 3 is 2.68 bits per heavy atom. The van der Waals surface area contributed by atoms with Crippen LogP contribution in [0.1, 0.15) is 5.89 Å². The standard InChI is InChI=1S/C14H19N5O3/c1-17(2)14(20)19-7-5-18(6-8-19)10-12-15-16-13(22-12)11-4-3-9-21-11/h3-4,9H,5-8,10H2,1-2H3. The second kappa shape index (κ2) is 6.18. The summed E-state index contributed by atoms with van der Waals surface area (Å²) in [6.45, 7) is 3.57. The van der Waals surface area contributed by atoms with E-state index in [9.17, 15) is 4.79 Å². The summed E-state index contributed by atoms with van der Waals surface area (Å²) in [6.07, 6.45) is 1.57. The number of amides is 2. The maximum atomic E-state index is 11.9. The molecule has 0 N–H and O–H groups in total. The number of aromatic nitrogens is 2. The molecule has 0 atom stereocenters. The van der Waals surface area contributed by atoms with Crippen molar-refractivity contribution in [3.63, 3.8) is 0 Å². The Hall–Kier alpha value is -2.35. The first kappa shape index (κ1) is 14.6. The van der Waals surface area contributed by atoms with Gasteiger partial charge in [-0.05, 0) is 12.1 Å². The van der Waals surface area contributed by atoms with Crippen LogP contribution in [0, 0.1) is 0 Å². The second-order valence-corrected chi connectivity index (χ2v) is 5.42. The van der Waals surface area contributed by atoms with Crippen LogP contribution < -0.4 is 0 Å². The lowest BCUT2D eigenvalue weighted by Gasteiger charge is -2.35. The second-order valence-electron chi connectivity index (χ2n) is 5.42. The lowest BCUT2D eigenvalue weighted by Crippen LogP contribution is -2.51. The van der Waals surface area contributed by atoms with Gasteiger partial charge >= 0.3 is 6.03 Å². The Bertz CT molecular complexity index is 614. The average molecular weight is 305 g/mol. The van der Waals surface area contributed by atoms with Crippen molar-refractivity contribution in [1.82, 2.24) is 24.9 Å². The fraction of sp³-hybridized carbons (Fsp3) is 0.500. The van der Waals surface area contributed by atoms with Crippen molar-refractivity contribution in [1.29, 1.82) is 0 Å². The van der Waals surface area contributed by atoms with Crippen molar-refractivity contribution < 1.29 is 13.6 Å². The Balaban J connectivity index is 1.54. The first-order valence-corrected chi connectivity index (χ1v) is 7.18. The molecule has 0 aromatic carbocycles. The topological polar surface area (TPSA) is 78.9 Å². The summed E-state index contributed by atoms with van der Waals surface area (Å²) < 4.78 is 10.8. The van der Waals surface area contributed by atoms with Crippen LogP contribution in [0.5, 0.6) is 0 Å². The Labute approximate surface area is 128 Å². The van der Waals surface area contributed by atoms with E-state index in [1.807, 2.05) is 4.90 Å². The van der Waals surface area contributed by atoms with E-state index in [4.69, 9.17) is 8.83 Å². The van der Waals surface area contributed by atoms with Crippen molar-refractivity contribution in [3.8, 4) is 11.7 Å². The molecule has 118 valence electrons. The molecule has 1 aliphatic rings. The molecule has 0 bridgehead atoms. The molecule has 0 spiro atoms. The number of nitrogens with zero attached hydrogens (tertiary/aromatic N) is 5. The summed E-state index contributed by atoms with van der Waals surface area (Å²) in [7, 11) is 3.53. The molecule has 1 fully saturated rings. The predicted octanol–water partition coefficient (Wildman–Crippen LogP) is 1.13. The van der Waals surface area contributed by atoms with Crippen molar-refractivity contribution in [3.05, 3.63) is 24.3 Å². The molecule has 2 amide bonds. The van der Waals surface area contributed by atoms with E-state index in [0.717, 1.165) is 13.1 Å². The molecule has 2 aromatic heterocycles. The smallest absolute Gasteiger partial charge is 0.319 e. The monoisotopic (exact) mass is 305 g/mol. The normalized spacial score (nSPS) is 16.0. The average Bonchev–Trinajstić information content (AvgIpc) is 3.18. The van der Waals surface area contributed by atoms with Crippen LogP contribution in [0.15, 0.2) is 27.2 Å². The zero-order valence-corrected chi connectivity index (χ0v) is 12.7. The lowest BCUT2D eigenvalue weighted by atomic mass is 10.3. The molecule has 22 heavy (non-hydrogen) atoms. The van der Waals surface area contributed by atoms with Gasteiger partial charge in [0.15, 0.2) is 5.76 Å². The van der Waals surface area contributed by atoms with Gasteiger partial charge in [-0.3, -0.25) is 4.90 Å². The van der Waals surface area contributed by atoms with Gasteiger partial charge in [0.1, 0.15) is 0 Å². The van der Waals surface area contributed by atoms with E-state index < -0.39 is 0 Å². The maximum Gasteiger partial charge on any atom is 0.319 e. The van der Waals surface area contributed by atoms with Crippen LogP contribution in [0.3, 0.4) is 0 Å². The van der Waals surface area contributed by atoms with Crippen molar-refractivity contribution in [2.75, 3.05) is 40.3 Å². The lowest BCUT2D eigenvalue weighted by molar-refractivity contribution is 0.115. The Morgan fingerprint density at radius 1 is 1.27 bits per heavy atom. The number of furan rings is 1. The van der Waals surface area contributed by atoms with Gasteiger partial charge in [0, 0.05) is 40.3 Å². The summed E-state index contributed by atoms with van der Waals surface area (Å²) in [5, 5.41) is 8.02. The van der Waals surface area contributed by atoms with Crippen LogP contribution in [-0.4, -0.2) is 71.2 Å². The molecule has 3 heterocycles. The minimum atomic E-state index is 0.0533. The molecule has 2 aromatic rings. The molecule has 0 saturated carbocycles. The van der Waals surface area contributed by atoms with Gasteiger partial charge in [-0.2, -0.15) is 0 Å². The summed E-state index contributed by atoms with van der Waals surface area (Å²) in [5.41, 5.74) is 0.